The van der Waals surface area contributed by atoms with Gasteiger partial charge in [0.05, 0.1) is 5.92 Å². The fourth-order valence-electron chi connectivity index (χ4n) is 2.58. The molecule has 2 aliphatic carbocycles. The number of carbonyl (C=O) groups is 2. The van der Waals surface area contributed by atoms with Gasteiger partial charge in [0.2, 0.25) is 0 Å². The maximum atomic E-state index is 11.5. The molecule has 3 rings (SSSR count). The average molecular weight is 189 g/mol. The number of fused-ring (bicyclic) bond motifs is 1. The predicted octanol–water partition coefficient (Wildman–Crippen LogP) is 1.43. The van der Waals surface area contributed by atoms with Crippen molar-refractivity contribution in [2.75, 3.05) is 0 Å². The summed E-state index contributed by atoms with van der Waals surface area (Å²) in [6.07, 6.45) is 3.47. The standard InChI is InChI=1S/C11H11NO2/c13-10-3-1-8-6(10)5-7-9(12-8)2-4-11(7)14/h6H,1-5H2. The fraction of sp³-hybridized carbons (Fsp3) is 0.545. The largest absolute Gasteiger partial charge is 0.299 e. The SMILES string of the molecule is O=C1CCC2=C1CC1C(=O)CCC1=N2. The minimum atomic E-state index is -0.0456. The molecule has 1 atom stereocenters. The van der Waals surface area contributed by atoms with Crippen molar-refractivity contribution in [2.24, 2.45) is 10.9 Å². The van der Waals surface area contributed by atoms with Gasteiger partial charge in [-0.2, -0.15) is 0 Å². The van der Waals surface area contributed by atoms with Crippen LogP contribution in [0.3, 0.4) is 0 Å². The molecule has 0 amide bonds. The molecule has 3 heteroatoms. The Labute approximate surface area is 81.9 Å². The fourth-order valence-corrected chi connectivity index (χ4v) is 2.58. The summed E-state index contributed by atoms with van der Waals surface area (Å²) in [6, 6.07) is 0. The third kappa shape index (κ3) is 0.953. The number of aliphatic imine (C=N–C) groups is 1. The van der Waals surface area contributed by atoms with Crippen LogP contribution in [0.2, 0.25) is 0 Å². The molecule has 72 valence electrons. The van der Waals surface area contributed by atoms with Crippen molar-refractivity contribution in [3.05, 3.63) is 11.3 Å². The number of carbonyl (C=O) groups excluding carboxylic acids is 2. The van der Waals surface area contributed by atoms with Crippen LogP contribution in [0, 0.1) is 5.92 Å². The van der Waals surface area contributed by atoms with Crippen LogP contribution in [0.1, 0.15) is 32.1 Å². The summed E-state index contributed by atoms with van der Waals surface area (Å²) in [4.78, 5) is 27.4. The van der Waals surface area contributed by atoms with Gasteiger partial charge in [-0.25, -0.2) is 0 Å². The minimum absolute atomic E-state index is 0.0456. The summed E-state index contributed by atoms with van der Waals surface area (Å²) in [6.45, 7) is 0. The second kappa shape index (κ2) is 2.62. The Morgan fingerprint density at radius 2 is 1.93 bits per heavy atom. The molecule has 1 heterocycles. The monoisotopic (exact) mass is 189 g/mol. The van der Waals surface area contributed by atoms with Gasteiger partial charge in [-0.3, -0.25) is 14.6 Å². The number of nitrogens with zero attached hydrogens (tertiary/aromatic N) is 1. The smallest absolute Gasteiger partial charge is 0.161 e. The van der Waals surface area contributed by atoms with Crippen molar-refractivity contribution in [2.45, 2.75) is 32.1 Å². The summed E-state index contributed by atoms with van der Waals surface area (Å²) in [5.74, 6) is 0.438. The van der Waals surface area contributed by atoms with Crippen LogP contribution in [0.4, 0.5) is 0 Å². The summed E-state index contributed by atoms with van der Waals surface area (Å²) >= 11 is 0. The molecule has 0 aromatic carbocycles. The Hall–Kier alpha value is -1.25. The molecule has 1 aliphatic heterocycles. The van der Waals surface area contributed by atoms with E-state index in [1.165, 1.54) is 0 Å². The van der Waals surface area contributed by atoms with Gasteiger partial charge in [0, 0.05) is 29.8 Å². The quantitative estimate of drug-likeness (QED) is 0.578. The summed E-state index contributed by atoms with van der Waals surface area (Å²) in [5, 5.41) is 0. The van der Waals surface area contributed by atoms with E-state index in [-0.39, 0.29) is 17.5 Å². The number of hydrogen-bond acceptors (Lipinski definition) is 3. The van der Waals surface area contributed by atoms with Gasteiger partial charge in [-0.15, -0.1) is 0 Å². The highest BCUT2D eigenvalue weighted by Crippen LogP contribution is 2.37. The van der Waals surface area contributed by atoms with Gasteiger partial charge < -0.3 is 0 Å². The zero-order chi connectivity index (χ0) is 9.71. The molecule has 14 heavy (non-hydrogen) atoms. The Kier molecular flexibility index (Phi) is 1.52. The lowest BCUT2D eigenvalue weighted by Gasteiger charge is -2.16. The second-order valence-corrected chi connectivity index (χ2v) is 4.17. The first-order chi connectivity index (χ1) is 6.75. The molecule has 0 spiro atoms. The van der Waals surface area contributed by atoms with Crippen LogP contribution in [-0.2, 0) is 9.59 Å². The summed E-state index contributed by atoms with van der Waals surface area (Å²) in [7, 11) is 0. The molecule has 0 aromatic heterocycles. The predicted molar refractivity (Wildman–Crippen MR) is 51.1 cm³/mol. The highest BCUT2D eigenvalue weighted by Gasteiger charge is 2.38. The number of Topliss-reactive ketones (excluding diaryl/α,β-unsaturated/α-hetero) is 2. The van der Waals surface area contributed by atoms with Crippen molar-refractivity contribution < 1.29 is 9.59 Å². The number of ketones is 2. The number of hydrogen-bond donors (Lipinski definition) is 0. The average Bonchev–Trinajstić information content (AvgIpc) is 2.71. The van der Waals surface area contributed by atoms with Crippen LogP contribution < -0.4 is 0 Å². The number of allylic oxidation sites excluding steroid dienone is 2. The Morgan fingerprint density at radius 3 is 2.79 bits per heavy atom. The number of rotatable bonds is 0. The molecule has 0 aromatic rings. The highest BCUT2D eigenvalue weighted by molar-refractivity contribution is 6.14. The van der Waals surface area contributed by atoms with Crippen LogP contribution in [-0.4, -0.2) is 17.3 Å². The van der Waals surface area contributed by atoms with Crippen molar-refractivity contribution in [1.82, 2.24) is 0 Å². The first-order valence-corrected chi connectivity index (χ1v) is 5.11. The molecular formula is C11H11NO2. The van der Waals surface area contributed by atoms with Crippen molar-refractivity contribution >= 4 is 17.3 Å². The van der Waals surface area contributed by atoms with Crippen LogP contribution in [0.15, 0.2) is 16.3 Å². The van der Waals surface area contributed by atoms with E-state index in [2.05, 4.69) is 4.99 Å². The third-order valence-corrected chi connectivity index (χ3v) is 3.38. The van der Waals surface area contributed by atoms with Gasteiger partial charge in [0.1, 0.15) is 5.78 Å². The van der Waals surface area contributed by atoms with Gasteiger partial charge in [0.15, 0.2) is 5.78 Å². The zero-order valence-corrected chi connectivity index (χ0v) is 7.88. The van der Waals surface area contributed by atoms with E-state index in [4.69, 9.17) is 0 Å². The zero-order valence-electron chi connectivity index (χ0n) is 7.88. The second-order valence-electron chi connectivity index (χ2n) is 4.17. The van der Waals surface area contributed by atoms with E-state index in [9.17, 15) is 9.59 Å². The summed E-state index contributed by atoms with van der Waals surface area (Å²) < 4.78 is 0. The van der Waals surface area contributed by atoms with Crippen molar-refractivity contribution in [3.8, 4) is 0 Å². The van der Waals surface area contributed by atoms with Crippen LogP contribution in [0.5, 0.6) is 0 Å². The van der Waals surface area contributed by atoms with Crippen molar-refractivity contribution in [3.63, 3.8) is 0 Å². The topological polar surface area (TPSA) is 46.5 Å². The molecular weight excluding hydrogens is 178 g/mol. The first kappa shape index (κ1) is 8.09. The molecule has 1 saturated carbocycles. The molecule has 1 fully saturated rings. The van der Waals surface area contributed by atoms with Gasteiger partial charge in [0.25, 0.3) is 0 Å². The van der Waals surface area contributed by atoms with Crippen molar-refractivity contribution in [1.29, 1.82) is 0 Å². The molecule has 1 unspecified atom stereocenters. The minimum Gasteiger partial charge on any atom is -0.299 e. The van der Waals surface area contributed by atoms with E-state index in [1.807, 2.05) is 0 Å². The van der Waals surface area contributed by atoms with E-state index in [1.54, 1.807) is 0 Å². The molecule has 0 saturated heterocycles. The van der Waals surface area contributed by atoms with Crippen LogP contribution >= 0.6 is 0 Å². The Bertz CT molecular complexity index is 404. The third-order valence-electron chi connectivity index (χ3n) is 3.38. The van der Waals surface area contributed by atoms with E-state index in [0.29, 0.717) is 19.3 Å². The van der Waals surface area contributed by atoms with Gasteiger partial charge >= 0.3 is 0 Å². The van der Waals surface area contributed by atoms with E-state index >= 15 is 0 Å². The molecule has 3 aliphatic rings. The van der Waals surface area contributed by atoms with E-state index < -0.39 is 0 Å². The molecule has 0 radical (unpaired) electrons. The van der Waals surface area contributed by atoms with Gasteiger partial charge in [-0.1, -0.05) is 0 Å². The molecule has 3 nitrogen and oxygen atoms in total. The lowest BCUT2D eigenvalue weighted by Crippen LogP contribution is -2.20. The molecule has 0 bridgehead atoms. The highest BCUT2D eigenvalue weighted by atomic mass is 16.1. The lowest BCUT2D eigenvalue weighted by atomic mass is 9.92. The van der Waals surface area contributed by atoms with E-state index in [0.717, 1.165) is 29.8 Å². The lowest BCUT2D eigenvalue weighted by molar-refractivity contribution is -0.119. The Balaban J connectivity index is 2.03. The summed E-state index contributed by atoms with van der Waals surface area (Å²) in [5.41, 5.74) is 2.84. The normalized spacial score (nSPS) is 30.6. The molecule has 0 N–H and O–H groups in total. The Morgan fingerprint density at radius 1 is 1.07 bits per heavy atom. The maximum Gasteiger partial charge on any atom is 0.161 e. The van der Waals surface area contributed by atoms with Crippen LogP contribution in [0.25, 0.3) is 0 Å². The van der Waals surface area contributed by atoms with Gasteiger partial charge in [-0.05, 0) is 19.3 Å². The maximum absolute atomic E-state index is 11.5. The first-order valence-electron chi connectivity index (χ1n) is 5.11.